The summed E-state index contributed by atoms with van der Waals surface area (Å²) in [6.07, 6.45) is 0. The fourth-order valence-corrected chi connectivity index (χ4v) is 3.48. The summed E-state index contributed by atoms with van der Waals surface area (Å²) >= 11 is 0. The molecule has 0 bridgehead atoms. The van der Waals surface area contributed by atoms with Crippen molar-refractivity contribution in [1.82, 2.24) is 15.0 Å². The minimum Gasteiger partial charge on any atom is -0.507 e. The van der Waals surface area contributed by atoms with E-state index in [0.29, 0.717) is 28.5 Å². The maximum atomic E-state index is 11.5. The zero-order chi connectivity index (χ0) is 22.0. The van der Waals surface area contributed by atoms with Crippen LogP contribution in [-0.4, -0.2) is 35.6 Å². The molecule has 4 aromatic rings. The van der Waals surface area contributed by atoms with Gasteiger partial charge in [-0.2, -0.15) is 0 Å². The second-order valence-corrected chi connectivity index (χ2v) is 8.19. The van der Waals surface area contributed by atoms with Gasteiger partial charge in [0, 0.05) is 17.2 Å². The zero-order valence-electron chi connectivity index (χ0n) is 16.4. The van der Waals surface area contributed by atoms with Crippen molar-refractivity contribution >= 4 is 10.0 Å². The first-order valence-corrected chi connectivity index (χ1v) is 10.7. The van der Waals surface area contributed by atoms with E-state index in [1.165, 1.54) is 25.3 Å². The number of phenols is 1. The second kappa shape index (κ2) is 8.13. The SMILES string of the molecule is COc1ccc(-c2nc(-c3ccccc3)nc(-c3ccc(S(N)(=O)=O)cc3)n2)c(O)c1. The van der Waals surface area contributed by atoms with E-state index < -0.39 is 10.0 Å². The van der Waals surface area contributed by atoms with Crippen molar-refractivity contribution in [3.8, 4) is 45.7 Å². The van der Waals surface area contributed by atoms with Gasteiger partial charge in [-0.05, 0) is 36.4 Å². The molecule has 0 amide bonds. The van der Waals surface area contributed by atoms with Crippen LogP contribution in [0, 0.1) is 0 Å². The summed E-state index contributed by atoms with van der Waals surface area (Å²) < 4.78 is 28.2. The Hall–Kier alpha value is -3.82. The minimum absolute atomic E-state index is 0.0124. The van der Waals surface area contributed by atoms with Crippen molar-refractivity contribution in [3.05, 3.63) is 72.8 Å². The third-order valence-corrected chi connectivity index (χ3v) is 5.48. The fourth-order valence-electron chi connectivity index (χ4n) is 2.96. The smallest absolute Gasteiger partial charge is 0.238 e. The van der Waals surface area contributed by atoms with Crippen LogP contribution in [0.2, 0.25) is 0 Å². The van der Waals surface area contributed by atoms with Crippen LogP contribution >= 0.6 is 0 Å². The lowest BCUT2D eigenvalue weighted by atomic mass is 10.1. The van der Waals surface area contributed by atoms with Gasteiger partial charge in [-0.25, -0.2) is 28.5 Å². The molecule has 156 valence electrons. The van der Waals surface area contributed by atoms with E-state index in [2.05, 4.69) is 15.0 Å². The summed E-state index contributed by atoms with van der Waals surface area (Å²) in [5.74, 6) is 1.45. The van der Waals surface area contributed by atoms with Gasteiger partial charge in [0.25, 0.3) is 0 Å². The number of hydrogen-bond acceptors (Lipinski definition) is 7. The van der Waals surface area contributed by atoms with Crippen LogP contribution in [0.15, 0.2) is 77.7 Å². The summed E-state index contributed by atoms with van der Waals surface area (Å²) in [7, 11) is -2.31. The Balaban J connectivity index is 1.88. The molecule has 0 aliphatic rings. The van der Waals surface area contributed by atoms with Gasteiger partial charge in [-0.1, -0.05) is 30.3 Å². The minimum atomic E-state index is -3.81. The molecular weight excluding hydrogens is 416 g/mol. The Morgan fingerprint density at radius 1 is 0.806 bits per heavy atom. The second-order valence-electron chi connectivity index (χ2n) is 6.62. The lowest BCUT2D eigenvalue weighted by molar-refractivity contribution is 0.408. The summed E-state index contributed by atoms with van der Waals surface area (Å²) in [4.78, 5) is 13.6. The molecule has 0 saturated carbocycles. The van der Waals surface area contributed by atoms with Crippen molar-refractivity contribution in [3.63, 3.8) is 0 Å². The monoisotopic (exact) mass is 434 g/mol. The van der Waals surface area contributed by atoms with Crippen molar-refractivity contribution < 1.29 is 18.3 Å². The van der Waals surface area contributed by atoms with Crippen LogP contribution in [0.25, 0.3) is 34.2 Å². The number of primary sulfonamides is 1. The molecule has 0 fully saturated rings. The van der Waals surface area contributed by atoms with Crippen molar-refractivity contribution in [2.45, 2.75) is 4.90 Å². The average molecular weight is 434 g/mol. The molecule has 3 aromatic carbocycles. The molecule has 0 saturated heterocycles. The molecule has 1 heterocycles. The standard InChI is InChI=1S/C22H18N4O4S/c1-30-16-9-12-18(19(27)13-16)22-25-20(14-5-3-2-4-6-14)24-21(26-22)15-7-10-17(11-8-15)31(23,28)29/h2-13,27H,1H3,(H2,23,28,29). The first-order chi connectivity index (χ1) is 14.8. The van der Waals surface area contributed by atoms with Crippen LogP contribution < -0.4 is 9.88 Å². The highest BCUT2D eigenvalue weighted by atomic mass is 32.2. The maximum absolute atomic E-state index is 11.5. The number of aromatic nitrogens is 3. The molecule has 4 rings (SSSR count). The van der Waals surface area contributed by atoms with Gasteiger partial charge >= 0.3 is 0 Å². The molecule has 1 aromatic heterocycles. The van der Waals surface area contributed by atoms with Gasteiger partial charge in [0.05, 0.1) is 17.6 Å². The zero-order valence-corrected chi connectivity index (χ0v) is 17.2. The van der Waals surface area contributed by atoms with E-state index in [0.717, 1.165) is 5.56 Å². The van der Waals surface area contributed by atoms with Crippen LogP contribution in [0.3, 0.4) is 0 Å². The van der Waals surface area contributed by atoms with E-state index in [1.807, 2.05) is 30.3 Å². The number of aromatic hydroxyl groups is 1. The van der Waals surface area contributed by atoms with E-state index in [4.69, 9.17) is 9.88 Å². The highest BCUT2D eigenvalue weighted by Crippen LogP contribution is 2.32. The maximum Gasteiger partial charge on any atom is 0.238 e. The van der Waals surface area contributed by atoms with Gasteiger partial charge < -0.3 is 9.84 Å². The van der Waals surface area contributed by atoms with Crippen LogP contribution in [0.4, 0.5) is 0 Å². The molecule has 0 unspecified atom stereocenters. The molecule has 0 aliphatic heterocycles. The summed E-state index contributed by atoms with van der Waals surface area (Å²) in [5, 5.41) is 15.6. The number of sulfonamides is 1. The molecule has 31 heavy (non-hydrogen) atoms. The van der Waals surface area contributed by atoms with E-state index >= 15 is 0 Å². The van der Waals surface area contributed by atoms with E-state index in [1.54, 1.807) is 24.3 Å². The third-order valence-electron chi connectivity index (χ3n) is 4.55. The summed E-state index contributed by atoms with van der Waals surface area (Å²) in [6, 6.07) is 20.1. The topological polar surface area (TPSA) is 128 Å². The predicted octanol–water partition coefficient (Wildman–Crippen LogP) is 3.23. The summed E-state index contributed by atoms with van der Waals surface area (Å²) in [6.45, 7) is 0. The molecule has 9 heteroatoms. The number of hydrogen-bond donors (Lipinski definition) is 2. The van der Waals surface area contributed by atoms with Crippen molar-refractivity contribution in [2.24, 2.45) is 5.14 Å². The van der Waals surface area contributed by atoms with E-state index in [9.17, 15) is 13.5 Å². The van der Waals surface area contributed by atoms with Crippen molar-refractivity contribution in [2.75, 3.05) is 7.11 Å². The number of methoxy groups -OCH3 is 1. The van der Waals surface area contributed by atoms with Crippen molar-refractivity contribution in [1.29, 1.82) is 0 Å². The highest BCUT2D eigenvalue weighted by Gasteiger charge is 2.16. The van der Waals surface area contributed by atoms with Gasteiger partial charge in [-0.15, -0.1) is 0 Å². The average Bonchev–Trinajstić information content (AvgIpc) is 2.78. The molecule has 0 aliphatic carbocycles. The Morgan fingerprint density at radius 3 is 1.94 bits per heavy atom. The first kappa shape index (κ1) is 20.5. The molecule has 0 spiro atoms. The van der Waals surface area contributed by atoms with Crippen LogP contribution in [0.1, 0.15) is 0 Å². The molecule has 0 radical (unpaired) electrons. The van der Waals surface area contributed by atoms with Gasteiger partial charge in [0.1, 0.15) is 11.5 Å². The molecular formula is C22H18N4O4S. The molecule has 0 atom stereocenters. The first-order valence-electron chi connectivity index (χ1n) is 9.17. The lowest BCUT2D eigenvalue weighted by Gasteiger charge is -2.10. The van der Waals surface area contributed by atoms with Gasteiger partial charge in [-0.3, -0.25) is 0 Å². The number of phenolic OH excluding ortho intramolecular Hbond substituents is 1. The number of benzene rings is 3. The third kappa shape index (κ3) is 4.37. The Kier molecular flexibility index (Phi) is 5.37. The van der Waals surface area contributed by atoms with Crippen LogP contribution in [-0.2, 0) is 10.0 Å². The largest absolute Gasteiger partial charge is 0.507 e. The number of rotatable bonds is 5. The Morgan fingerprint density at radius 2 is 1.39 bits per heavy atom. The van der Waals surface area contributed by atoms with Gasteiger partial charge in [0.2, 0.25) is 10.0 Å². The van der Waals surface area contributed by atoms with E-state index in [-0.39, 0.29) is 16.5 Å². The Bertz CT molecular complexity index is 1340. The molecule has 8 nitrogen and oxygen atoms in total. The number of nitrogens with two attached hydrogens (primary N) is 1. The molecule has 3 N–H and O–H groups in total. The normalized spacial score (nSPS) is 11.3. The fraction of sp³-hybridized carbons (Fsp3) is 0.0455. The Labute approximate surface area is 179 Å². The lowest BCUT2D eigenvalue weighted by Crippen LogP contribution is -2.11. The number of nitrogens with zero attached hydrogens (tertiary/aromatic N) is 3. The predicted molar refractivity (Wildman–Crippen MR) is 116 cm³/mol. The van der Waals surface area contributed by atoms with Crippen LogP contribution in [0.5, 0.6) is 11.5 Å². The quantitative estimate of drug-likeness (QED) is 0.493. The summed E-state index contributed by atoms with van der Waals surface area (Å²) in [5.41, 5.74) is 1.74. The highest BCUT2D eigenvalue weighted by molar-refractivity contribution is 7.89. The van der Waals surface area contributed by atoms with Gasteiger partial charge in [0.15, 0.2) is 17.5 Å². The number of ether oxygens (including phenoxy) is 1.